The lowest BCUT2D eigenvalue weighted by Gasteiger charge is -2.14. The molecule has 0 spiro atoms. The molecule has 0 aliphatic rings. The SMILES string of the molecule is COC(=O)c1ccnc(NC(=O)[C@H](SC)c2ccccc2)c1. The van der Waals surface area contributed by atoms with E-state index in [1.165, 1.54) is 37.2 Å². The normalized spacial score (nSPS) is 11.5. The van der Waals surface area contributed by atoms with E-state index in [-0.39, 0.29) is 11.2 Å². The summed E-state index contributed by atoms with van der Waals surface area (Å²) in [5, 5.41) is 2.39. The Hall–Kier alpha value is -2.34. The third kappa shape index (κ3) is 3.85. The van der Waals surface area contributed by atoms with E-state index in [2.05, 4.69) is 15.0 Å². The molecule has 0 saturated heterocycles. The zero-order valence-corrected chi connectivity index (χ0v) is 13.1. The average Bonchev–Trinajstić information content (AvgIpc) is 2.56. The van der Waals surface area contributed by atoms with Gasteiger partial charge in [0, 0.05) is 6.20 Å². The molecule has 2 rings (SSSR count). The van der Waals surface area contributed by atoms with Crippen molar-refractivity contribution in [2.24, 2.45) is 0 Å². The largest absolute Gasteiger partial charge is 0.465 e. The highest BCUT2D eigenvalue weighted by molar-refractivity contribution is 7.99. The molecule has 114 valence electrons. The fourth-order valence-electron chi connectivity index (χ4n) is 1.96. The van der Waals surface area contributed by atoms with E-state index in [4.69, 9.17) is 0 Å². The molecule has 1 atom stereocenters. The van der Waals surface area contributed by atoms with Crippen molar-refractivity contribution in [2.45, 2.75) is 5.25 Å². The number of thioether (sulfide) groups is 1. The van der Waals surface area contributed by atoms with Crippen LogP contribution in [0.15, 0.2) is 48.7 Å². The maximum absolute atomic E-state index is 12.4. The molecule has 0 saturated carbocycles. The lowest BCUT2D eigenvalue weighted by Crippen LogP contribution is -2.19. The number of nitrogens with one attached hydrogen (secondary N) is 1. The van der Waals surface area contributed by atoms with Gasteiger partial charge in [-0.15, -0.1) is 11.8 Å². The molecule has 0 aliphatic carbocycles. The molecule has 0 fully saturated rings. The topological polar surface area (TPSA) is 68.3 Å². The van der Waals surface area contributed by atoms with Crippen molar-refractivity contribution in [1.82, 2.24) is 4.98 Å². The number of amides is 1. The minimum atomic E-state index is -0.470. The van der Waals surface area contributed by atoms with Gasteiger partial charge in [-0.3, -0.25) is 4.79 Å². The number of rotatable bonds is 5. The summed E-state index contributed by atoms with van der Waals surface area (Å²) in [7, 11) is 1.31. The summed E-state index contributed by atoms with van der Waals surface area (Å²) in [5.74, 6) is -0.335. The zero-order chi connectivity index (χ0) is 15.9. The summed E-state index contributed by atoms with van der Waals surface area (Å²) in [6.07, 6.45) is 3.33. The van der Waals surface area contributed by atoms with Crippen LogP contribution in [0.2, 0.25) is 0 Å². The van der Waals surface area contributed by atoms with Crippen LogP contribution in [-0.2, 0) is 9.53 Å². The van der Waals surface area contributed by atoms with E-state index >= 15 is 0 Å². The van der Waals surface area contributed by atoms with Crippen LogP contribution in [0.3, 0.4) is 0 Å². The van der Waals surface area contributed by atoms with E-state index in [0.29, 0.717) is 11.4 Å². The monoisotopic (exact) mass is 316 g/mol. The predicted molar refractivity (Wildman–Crippen MR) is 86.9 cm³/mol. The number of nitrogens with zero attached hydrogens (tertiary/aromatic N) is 1. The average molecular weight is 316 g/mol. The maximum atomic E-state index is 12.4. The molecule has 0 aliphatic heterocycles. The third-order valence-corrected chi connectivity index (χ3v) is 3.97. The molecule has 22 heavy (non-hydrogen) atoms. The molecule has 5 nitrogen and oxygen atoms in total. The fraction of sp³-hybridized carbons (Fsp3) is 0.188. The van der Waals surface area contributed by atoms with Crippen molar-refractivity contribution in [3.63, 3.8) is 0 Å². The summed E-state index contributed by atoms with van der Waals surface area (Å²) in [6.45, 7) is 0. The first-order chi connectivity index (χ1) is 10.7. The second kappa shape index (κ2) is 7.61. The minimum absolute atomic E-state index is 0.187. The molecule has 6 heteroatoms. The van der Waals surface area contributed by atoms with Gasteiger partial charge in [-0.25, -0.2) is 9.78 Å². The fourth-order valence-corrected chi connectivity index (χ4v) is 2.66. The van der Waals surface area contributed by atoms with E-state index in [1.54, 1.807) is 0 Å². The summed E-state index contributed by atoms with van der Waals surface area (Å²) >= 11 is 1.43. The molecule has 0 unspecified atom stereocenters. The van der Waals surface area contributed by atoms with E-state index in [0.717, 1.165) is 5.56 Å². The van der Waals surface area contributed by atoms with Crippen molar-refractivity contribution in [3.8, 4) is 0 Å². The van der Waals surface area contributed by atoms with Crippen LogP contribution >= 0.6 is 11.8 Å². The highest BCUT2D eigenvalue weighted by Crippen LogP contribution is 2.27. The van der Waals surface area contributed by atoms with E-state index in [1.807, 2.05) is 36.6 Å². The number of ether oxygens (including phenoxy) is 1. The van der Waals surface area contributed by atoms with Crippen LogP contribution < -0.4 is 5.32 Å². The molecule has 1 N–H and O–H groups in total. The number of hydrogen-bond donors (Lipinski definition) is 1. The summed E-state index contributed by atoms with van der Waals surface area (Å²) in [5.41, 5.74) is 1.25. The van der Waals surface area contributed by atoms with Crippen molar-refractivity contribution in [2.75, 3.05) is 18.7 Å². The second-order valence-corrected chi connectivity index (χ2v) is 5.38. The Labute approximate surface area is 133 Å². The molecule has 2 aromatic rings. The Kier molecular flexibility index (Phi) is 5.55. The van der Waals surface area contributed by atoms with Gasteiger partial charge in [-0.1, -0.05) is 30.3 Å². The smallest absolute Gasteiger partial charge is 0.338 e. The van der Waals surface area contributed by atoms with Crippen LogP contribution in [0.5, 0.6) is 0 Å². The van der Waals surface area contributed by atoms with Gasteiger partial charge in [0.2, 0.25) is 5.91 Å². The number of esters is 1. The Morgan fingerprint density at radius 3 is 2.59 bits per heavy atom. The first kappa shape index (κ1) is 16.0. The summed E-state index contributed by atoms with van der Waals surface area (Å²) in [6, 6.07) is 12.5. The van der Waals surface area contributed by atoms with Gasteiger partial charge in [-0.05, 0) is 24.0 Å². The van der Waals surface area contributed by atoms with Gasteiger partial charge in [0.25, 0.3) is 0 Å². The quantitative estimate of drug-likeness (QED) is 0.859. The molecular formula is C16H16N2O3S. The highest BCUT2D eigenvalue weighted by Gasteiger charge is 2.20. The van der Waals surface area contributed by atoms with E-state index < -0.39 is 5.97 Å². The van der Waals surface area contributed by atoms with Crippen LogP contribution in [0.4, 0.5) is 5.82 Å². The number of benzene rings is 1. The number of carbonyl (C=O) groups is 2. The van der Waals surface area contributed by atoms with Gasteiger partial charge >= 0.3 is 5.97 Å². The second-order valence-electron chi connectivity index (χ2n) is 4.44. The third-order valence-electron chi connectivity index (χ3n) is 3.01. The number of carbonyl (C=O) groups excluding carboxylic acids is 2. The number of hydrogen-bond acceptors (Lipinski definition) is 5. The number of pyridine rings is 1. The Balaban J connectivity index is 2.16. The van der Waals surface area contributed by atoms with Crippen molar-refractivity contribution in [3.05, 3.63) is 59.8 Å². The summed E-state index contributed by atoms with van der Waals surface area (Å²) in [4.78, 5) is 28.0. The van der Waals surface area contributed by atoms with Crippen molar-refractivity contribution >= 4 is 29.5 Å². The minimum Gasteiger partial charge on any atom is -0.465 e. The van der Waals surface area contributed by atoms with Gasteiger partial charge in [-0.2, -0.15) is 0 Å². The zero-order valence-electron chi connectivity index (χ0n) is 12.3. The first-order valence-corrected chi connectivity index (χ1v) is 7.87. The Bertz CT molecular complexity index is 661. The predicted octanol–water partition coefficient (Wildman–Crippen LogP) is 2.91. The molecule has 1 amide bonds. The van der Waals surface area contributed by atoms with E-state index in [9.17, 15) is 9.59 Å². The molecule has 1 aromatic carbocycles. The van der Waals surface area contributed by atoms with Gasteiger partial charge < -0.3 is 10.1 Å². The molecular weight excluding hydrogens is 300 g/mol. The Morgan fingerprint density at radius 1 is 1.23 bits per heavy atom. The number of anilines is 1. The van der Waals surface area contributed by atoms with Crippen LogP contribution in [0, 0.1) is 0 Å². The van der Waals surface area contributed by atoms with Crippen LogP contribution in [0.25, 0.3) is 0 Å². The first-order valence-electron chi connectivity index (χ1n) is 6.58. The maximum Gasteiger partial charge on any atom is 0.338 e. The molecule has 1 aromatic heterocycles. The van der Waals surface area contributed by atoms with Crippen molar-refractivity contribution in [1.29, 1.82) is 0 Å². The van der Waals surface area contributed by atoms with Gasteiger partial charge in [0.15, 0.2) is 0 Å². The molecule has 0 bridgehead atoms. The number of methoxy groups -OCH3 is 1. The summed E-state index contributed by atoms with van der Waals surface area (Å²) < 4.78 is 4.65. The van der Waals surface area contributed by atoms with Crippen molar-refractivity contribution < 1.29 is 14.3 Å². The number of aromatic nitrogens is 1. The van der Waals surface area contributed by atoms with Gasteiger partial charge in [0.05, 0.1) is 12.7 Å². The van der Waals surface area contributed by atoms with Crippen LogP contribution in [0.1, 0.15) is 21.2 Å². The Morgan fingerprint density at radius 2 is 1.95 bits per heavy atom. The molecule has 0 radical (unpaired) electrons. The lowest BCUT2D eigenvalue weighted by molar-refractivity contribution is -0.115. The lowest BCUT2D eigenvalue weighted by atomic mass is 10.1. The van der Waals surface area contributed by atoms with Crippen LogP contribution in [-0.4, -0.2) is 30.2 Å². The molecule has 1 heterocycles. The van der Waals surface area contributed by atoms with Gasteiger partial charge in [0.1, 0.15) is 11.1 Å². The highest BCUT2D eigenvalue weighted by atomic mass is 32.2. The standard InChI is InChI=1S/C16H16N2O3S/c1-21-16(20)12-8-9-17-13(10-12)18-15(19)14(22-2)11-6-4-3-5-7-11/h3-10,14H,1-2H3,(H,17,18,19)/t14-/m1/s1.